The Bertz CT molecular complexity index is 1110. The van der Waals surface area contributed by atoms with Crippen LogP contribution in [0.5, 0.6) is 0 Å². The maximum absolute atomic E-state index is 12.8. The Hall–Kier alpha value is -2.91. The molecule has 0 aliphatic carbocycles. The van der Waals surface area contributed by atoms with E-state index in [1.807, 2.05) is 38.1 Å². The summed E-state index contributed by atoms with van der Waals surface area (Å²) in [7, 11) is 0. The van der Waals surface area contributed by atoms with E-state index >= 15 is 0 Å². The van der Waals surface area contributed by atoms with Crippen molar-refractivity contribution in [3.63, 3.8) is 0 Å². The van der Waals surface area contributed by atoms with E-state index in [-0.39, 0.29) is 29.9 Å². The number of thioether (sulfide) groups is 1. The fourth-order valence-electron chi connectivity index (χ4n) is 2.85. The number of nitrogens with one attached hydrogen (secondary N) is 2. The summed E-state index contributed by atoms with van der Waals surface area (Å²) in [5.41, 5.74) is 2.57. The van der Waals surface area contributed by atoms with Gasteiger partial charge in [0.1, 0.15) is 0 Å². The van der Waals surface area contributed by atoms with Gasteiger partial charge in [0.25, 0.3) is 0 Å². The average molecular weight is 458 g/mol. The second-order valence-electron chi connectivity index (χ2n) is 6.96. The van der Waals surface area contributed by atoms with Crippen molar-refractivity contribution in [2.24, 2.45) is 0 Å². The molecular weight excluding hydrogens is 434 g/mol. The van der Waals surface area contributed by atoms with Gasteiger partial charge in [-0.25, -0.2) is 4.98 Å². The van der Waals surface area contributed by atoms with E-state index in [9.17, 15) is 14.4 Å². The van der Waals surface area contributed by atoms with Crippen molar-refractivity contribution in [1.82, 2.24) is 4.98 Å². The predicted molar refractivity (Wildman–Crippen MR) is 125 cm³/mol. The third-order valence-electron chi connectivity index (χ3n) is 4.40. The summed E-state index contributed by atoms with van der Waals surface area (Å²) >= 11 is 2.85. The maximum atomic E-state index is 12.8. The monoisotopic (exact) mass is 457 g/mol. The third kappa shape index (κ3) is 6.53. The van der Waals surface area contributed by atoms with Gasteiger partial charge in [-0.3, -0.25) is 14.4 Å². The van der Waals surface area contributed by atoms with Crippen LogP contribution < -0.4 is 10.6 Å². The number of fused-ring (bicyclic) bond motifs is 1. The van der Waals surface area contributed by atoms with Crippen LogP contribution >= 0.6 is 23.1 Å². The number of thiazole rings is 1. The number of carbonyl (C=O) groups excluding carboxylic acids is 2. The Morgan fingerprint density at radius 1 is 1.13 bits per heavy atom. The van der Waals surface area contributed by atoms with Gasteiger partial charge in [-0.05, 0) is 49.2 Å². The first-order chi connectivity index (χ1) is 14.8. The number of nitrogens with zero attached hydrogens (tertiary/aromatic N) is 1. The van der Waals surface area contributed by atoms with Gasteiger partial charge in [0, 0.05) is 17.0 Å². The van der Waals surface area contributed by atoms with Crippen molar-refractivity contribution in [1.29, 1.82) is 0 Å². The molecule has 0 spiro atoms. The zero-order valence-corrected chi connectivity index (χ0v) is 18.8. The molecule has 0 saturated heterocycles. The fraction of sp³-hybridized carbons (Fsp3) is 0.273. The molecule has 0 fully saturated rings. The zero-order valence-electron chi connectivity index (χ0n) is 17.2. The molecule has 9 heteroatoms. The Labute approximate surface area is 188 Å². The summed E-state index contributed by atoms with van der Waals surface area (Å²) in [4.78, 5) is 40.6. The summed E-state index contributed by atoms with van der Waals surface area (Å²) < 4.78 is 1.03. The Morgan fingerprint density at radius 3 is 2.68 bits per heavy atom. The summed E-state index contributed by atoms with van der Waals surface area (Å²) in [5.74, 6) is -1.50. The Morgan fingerprint density at radius 2 is 1.94 bits per heavy atom. The van der Waals surface area contributed by atoms with Crippen molar-refractivity contribution < 1.29 is 19.5 Å². The molecule has 2 aromatic carbocycles. The van der Waals surface area contributed by atoms with Crippen molar-refractivity contribution >= 4 is 61.9 Å². The molecule has 31 heavy (non-hydrogen) atoms. The maximum Gasteiger partial charge on any atom is 0.303 e. The molecule has 7 nitrogen and oxygen atoms in total. The highest BCUT2D eigenvalue weighted by atomic mass is 32.2. The van der Waals surface area contributed by atoms with Crippen LogP contribution in [0.15, 0.2) is 47.4 Å². The number of anilines is 2. The number of rotatable bonds is 9. The summed E-state index contributed by atoms with van der Waals surface area (Å²) in [6.07, 6.45) is 0.313. The fourth-order valence-corrected chi connectivity index (χ4v) is 4.83. The lowest BCUT2D eigenvalue weighted by atomic mass is 10.2. The van der Waals surface area contributed by atoms with Crippen molar-refractivity contribution in [3.8, 4) is 0 Å². The van der Waals surface area contributed by atoms with Crippen LogP contribution in [0.1, 0.15) is 31.7 Å². The molecule has 0 radical (unpaired) electrons. The van der Waals surface area contributed by atoms with Crippen LogP contribution in [0, 0.1) is 6.92 Å². The second kappa shape index (κ2) is 10.4. The van der Waals surface area contributed by atoms with E-state index in [1.165, 1.54) is 23.1 Å². The van der Waals surface area contributed by atoms with E-state index in [1.54, 1.807) is 18.2 Å². The lowest BCUT2D eigenvalue weighted by Crippen LogP contribution is -2.24. The highest BCUT2D eigenvalue weighted by molar-refractivity contribution is 8.00. The number of aliphatic carboxylic acids is 1. The quantitative estimate of drug-likeness (QED) is 0.394. The molecule has 162 valence electrons. The van der Waals surface area contributed by atoms with Crippen molar-refractivity contribution in [3.05, 3.63) is 48.0 Å². The molecule has 3 N–H and O–H groups in total. The number of carboxylic acids is 1. The molecule has 3 aromatic rings. The summed E-state index contributed by atoms with van der Waals surface area (Å²) in [5, 5.41) is 14.5. The molecule has 0 aliphatic rings. The van der Waals surface area contributed by atoms with E-state index in [2.05, 4.69) is 15.6 Å². The highest BCUT2D eigenvalue weighted by Crippen LogP contribution is 2.31. The first-order valence-electron chi connectivity index (χ1n) is 9.80. The van der Waals surface area contributed by atoms with Crippen LogP contribution in [0.2, 0.25) is 0 Å². The van der Waals surface area contributed by atoms with Crippen LogP contribution in [0.25, 0.3) is 10.2 Å². The standard InChI is InChI=1S/C22H23N3O4S2/c1-3-17(21(29)25-22-24-16-8-7-13(2)11-18(16)31-22)30-15-6-4-5-14(12-15)23-19(26)9-10-20(27)28/h4-8,11-12,17H,3,9-10H2,1-2H3,(H,23,26)(H,27,28)(H,24,25,29). The number of amides is 2. The predicted octanol–water partition coefficient (Wildman–Crippen LogP) is 4.92. The number of aromatic nitrogens is 1. The molecule has 1 atom stereocenters. The molecule has 0 aliphatic heterocycles. The summed E-state index contributed by atoms with van der Waals surface area (Å²) in [6.45, 7) is 3.96. The molecule has 0 saturated carbocycles. The molecule has 3 rings (SSSR count). The number of hydrogen-bond donors (Lipinski definition) is 3. The average Bonchev–Trinajstić information content (AvgIpc) is 3.11. The van der Waals surface area contributed by atoms with Gasteiger partial charge < -0.3 is 15.7 Å². The third-order valence-corrected chi connectivity index (χ3v) is 6.69. The largest absolute Gasteiger partial charge is 0.481 e. The Balaban J connectivity index is 1.63. The van der Waals surface area contributed by atoms with Crippen molar-refractivity contribution in [2.75, 3.05) is 10.6 Å². The van der Waals surface area contributed by atoms with Crippen LogP contribution in [-0.2, 0) is 14.4 Å². The van der Waals surface area contributed by atoms with Gasteiger partial charge >= 0.3 is 5.97 Å². The van der Waals surface area contributed by atoms with E-state index in [0.29, 0.717) is 17.2 Å². The topological polar surface area (TPSA) is 108 Å². The number of aryl methyl sites for hydroxylation is 1. The van der Waals surface area contributed by atoms with E-state index in [0.717, 1.165) is 20.7 Å². The molecule has 1 heterocycles. The summed E-state index contributed by atoms with van der Waals surface area (Å²) in [6, 6.07) is 13.1. The van der Waals surface area contributed by atoms with Crippen LogP contribution in [0.4, 0.5) is 10.8 Å². The van der Waals surface area contributed by atoms with Gasteiger partial charge in [0.05, 0.1) is 21.9 Å². The first kappa shape index (κ1) is 22.8. The van der Waals surface area contributed by atoms with Crippen LogP contribution in [0.3, 0.4) is 0 Å². The lowest BCUT2D eigenvalue weighted by molar-refractivity contribution is -0.138. The molecule has 0 bridgehead atoms. The number of benzene rings is 2. The molecule has 2 amide bonds. The van der Waals surface area contributed by atoms with E-state index in [4.69, 9.17) is 5.11 Å². The van der Waals surface area contributed by atoms with Crippen LogP contribution in [-0.4, -0.2) is 33.1 Å². The SMILES string of the molecule is CCC(Sc1cccc(NC(=O)CCC(=O)O)c1)C(=O)Nc1nc2ccc(C)cc2s1. The van der Waals surface area contributed by atoms with Crippen molar-refractivity contribution in [2.45, 2.75) is 43.3 Å². The first-order valence-corrected chi connectivity index (χ1v) is 11.5. The van der Waals surface area contributed by atoms with E-state index < -0.39 is 5.97 Å². The smallest absolute Gasteiger partial charge is 0.303 e. The van der Waals surface area contributed by atoms with Gasteiger partial charge in [-0.1, -0.05) is 30.4 Å². The van der Waals surface area contributed by atoms with Gasteiger partial charge in [-0.15, -0.1) is 11.8 Å². The minimum absolute atomic E-state index is 0.0889. The highest BCUT2D eigenvalue weighted by Gasteiger charge is 2.20. The van der Waals surface area contributed by atoms with Gasteiger partial charge in [-0.2, -0.15) is 0 Å². The number of carboxylic acid groups (broad SMARTS) is 1. The number of hydrogen-bond acceptors (Lipinski definition) is 6. The molecular formula is C22H23N3O4S2. The van der Waals surface area contributed by atoms with Gasteiger partial charge in [0.2, 0.25) is 11.8 Å². The zero-order chi connectivity index (χ0) is 22.4. The lowest BCUT2D eigenvalue weighted by Gasteiger charge is -2.14. The molecule has 1 unspecified atom stereocenters. The number of carbonyl (C=O) groups is 3. The minimum Gasteiger partial charge on any atom is -0.481 e. The minimum atomic E-state index is -1.01. The Kier molecular flexibility index (Phi) is 7.64. The normalized spacial score (nSPS) is 11.8. The van der Waals surface area contributed by atoms with Gasteiger partial charge in [0.15, 0.2) is 5.13 Å². The second-order valence-corrected chi connectivity index (χ2v) is 9.27. The molecule has 1 aromatic heterocycles.